The number of aromatic hydroxyl groups is 1. The van der Waals surface area contributed by atoms with E-state index in [1.807, 2.05) is 0 Å². The molecule has 0 aliphatic carbocycles. The molecule has 0 aromatic heterocycles. The Hall–Kier alpha value is -0.920. The van der Waals surface area contributed by atoms with Crippen molar-refractivity contribution in [2.24, 2.45) is 5.73 Å². The summed E-state index contributed by atoms with van der Waals surface area (Å²) in [5, 5.41) is 9.86. The normalized spacial score (nSPS) is 13.2. The first kappa shape index (κ1) is 16.1. The summed E-state index contributed by atoms with van der Waals surface area (Å²) in [5.41, 5.74) is 5.04. The van der Waals surface area contributed by atoms with Crippen LogP contribution in [0.4, 0.5) is 8.78 Å². The van der Waals surface area contributed by atoms with Crippen LogP contribution in [0.25, 0.3) is 0 Å². The lowest BCUT2D eigenvalue weighted by Crippen LogP contribution is -2.41. The minimum Gasteiger partial charge on any atom is -0.506 e. The molecule has 0 spiro atoms. The van der Waals surface area contributed by atoms with E-state index in [1.54, 1.807) is 0 Å². The monoisotopic (exact) mass is 357 g/mol. The average Bonchev–Trinajstić information content (AvgIpc) is 2.35. The molecule has 0 fully saturated rings. The molecule has 1 rings (SSSR count). The summed E-state index contributed by atoms with van der Waals surface area (Å²) < 4.78 is 31.8. The molecule has 0 radical (unpaired) electrons. The van der Waals surface area contributed by atoms with E-state index in [1.165, 1.54) is 13.0 Å². The molecule has 106 valence electrons. The van der Waals surface area contributed by atoms with E-state index < -0.39 is 23.7 Å². The fourth-order valence-electron chi connectivity index (χ4n) is 1.36. The molecule has 0 saturated heterocycles. The van der Waals surface area contributed by atoms with E-state index in [0.717, 1.165) is 6.07 Å². The first-order valence-electron chi connectivity index (χ1n) is 5.20. The molecule has 19 heavy (non-hydrogen) atoms. The number of rotatable bonds is 4. The van der Waals surface area contributed by atoms with Crippen LogP contribution in [-0.4, -0.2) is 23.6 Å². The molecule has 0 amide bonds. The largest absolute Gasteiger partial charge is 0.506 e. The summed E-state index contributed by atoms with van der Waals surface area (Å²) in [6.45, 7) is 1.20. The minimum atomic E-state index is -3.96. The van der Waals surface area contributed by atoms with Gasteiger partial charge in [-0.05, 0) is 28.9 Å². The lowest BCUT2D eigenvalue weighted by molar-refractivity contribution is -0.174. The summed E-state index contributed by atoms with van der Waals surface area (Å²) in [4.78, 5) is 11.2. The van der Waals surface area contributed by atoms with E-state index in [9.17, 15) is 18.7 Å². The van der Waals surface area contributed by atoms with Crippen LogP contribution < -0.4 is 5.73 Å². The van der Waals surface area contributed by atoms with Crippen molar-refractivity contribution in [3.63, 3.8) is 0 Å². The van der Waals surface area contributed by atoms with Crippen molar-refractivity contribution in [1.29, 1.82) is 0 Å². The predicted octanol–water partition coefficient (Wildman–Crippen LogP) is 3.01. The van der Waals surface area contributed by atoms with Crippen LogP contribution in [0.15, 0.2) is 16.6 Å². The summed E-state index contributed by atoms with van der Waals surface area (Å²) in [6.07, 6.45) is 0. The fourth-order valence-corrected chi connectivity index (χ4v) is 1.87. The standard InChI is InChI=1S/C11H11BrClF2NO3/c1-2-19-10(18)11(14,15)9(16)5-3-4-6(13)7(12)8(5)17/h3-4,9,17H,2,16H2,1H3/t9-/m1/s1. The highest BCUT2D eigenvalue weighted by atomic mass is 79.9. The molecule has 1 atom stereocenters. The van der Waals surface area contributed by atoms with Gasteiger partial charge in [-0.1, -0.05) is 17.7 Å². The van der Waals surface area contributed by atoms with Gasteiger partial charge in [-0.15, -0.1) is 0 Å². The van der Waals surface area contributed by atoms with Gasteiger partial charge in [0.15, 0.2) is 0 Å². The van der Waals surface area contributed by atoms with Gasteiger partial charge in [-0.3, -0.25) is 0 Å². The van der Waals surface area contributed by atoms with Gasteiger partial charge >= 0.3 is 11.9 Å². The SMILES string of the molecule is CCOC(=O)C(F)(F)[C@H](N)c1ccc(Cl)c(Br)c1O. The maximum atomic E-state index is 13.7. The van der Waals surface area contributed by atoms with Gasteiger partial charge in [-0.25, -0.2) is 4.79 Å². The van der Waals surface area contributed by atoms with Gasteiger partial charge in [0.2, 0.25) is 0 Å². The predicted molar refractivity (Wildman–Crippen MR) is 69.3 cm³/mol. The number of halogens is 4. The summed E-state index contributed by atoms with van der Waals surface area (Å²) in [6, 6.07) is 0.363. The third-order valence-corrected chi connectivity index (χ3v) is 3.72. The van der Waals surface area contributed by atoms with Gasteiger partial charge < -0.3 is 15.6 Å². The third kappa shape index (κ3) is 3.16. The molecule has 0 aliphatic rings. The van der Waals surface area contributed by atoms with Crippen molar-refractivity contribution in [1.82, 2.24) is 0 Å². The Morgan fingerprint density at radius 2 is 2.21 bits per heavy atom. The van der Waals surface area contributed by atoms with E-state index >= 15 is 0 Å². The van der Waals surface area contributed by atoms with Crippen LogP contribution >= 0.6 is 27.5 Å². The van der Waals surface area contributed by atoms with Crippen LogP contribution in [0.1, 0.15) is 18.5 Å². The molecule has 0 heterocycles. The first-order valence-corrected chi connectivity index (χ1v) is 6.38. The van der Waals surface area contributed by atoms with Crippen molar-refractivity contribution in [2.75, 3.05) is 6.61 Å². The van der Waals surface area contributed by atoms with Crippen LogP contribution in [0.5, 0.6) is 5.75 Å². The number of alkyl halides is 2. The number of hydrogen-bond acceptors (Lipinski definition) is 4. The molecular weight excluding hydrogens is 347 g/mol. The van der Waals surface area contributed by atoms with Crippen LogP contribution in [-0.2, 0) is 9.53 Å². The number of hydrogen-bond donors (Lipinski definition) is 2. The van der Waals surface area contributed by atoms with E-state index in [2.05, 4.69) is 20.7 Å². The quantitative estimate of drug-likeness (QED) is 0.812. The Balaban J connectivity index is 3.16. The Labute approximate surface area is 121 Å². The molecule has 1 aromatic carbocycles. The zero-order valence-corrected chi connectivity index (χ0v) is 12.1. The minimum absolute atomic E-state index is 0.0294. The van der Waals surface area contributed by atoms with Crippen molar-refractivity contribution < 1.29 is 23.4 Å². The number of phenols is 1. The molecule has 0 aliphatic heterocycles. The highest BCUT2D eigenvalue weighted by molar-refractivity contribution is 9.10. The molecule has 4 nitrogen and oxygen atoms in total. The molecule has 3 N–H and O–H groups in total. The maximum Gasteiger partial charge on any atom is 0.379 e. The number of phenolic OH excluding ortho intramolecular Hbond substituents is 1. The van der Waals surface area contributed by atoms with E-state index in [0.29, 0.717) is 0 Å². The van der Waals surface area contributed by atoms with Crippen molar-refractivity contribution in [3.05, 3.63) is 27.2 Å². The highest BCUT2D eigenvalue weighted by Crippen LogP contribution is 2.41. The number of esters is 1. The van der Waals surface area contributed by atoms with Crippen LogP contribution in [0.2, 0.25) is 5.02 Å². The van der Waals surface area contributed by atoms with Crippen LogP contribution in [0, 0.1) is 0 Å². The number of nitrogens with two attached hydrogens (primary N) is 1. The van der Waals surface area contributed by atoms with Gasteiger partial charge in [-0.2, -0.15) is 8.78 Å². The topological polar surface area (TPSA) is 72.5 Å². The third-order valence-electron chi connectivity index (χ3n) is 2.37. The summed E-state index contributed by atoms with van der Waals surface area (Å²) >= 11 is 8.62. The second-order valence-electron chi connectivity index (χ2n) is 3.62. The van der Waals surface area contributed by atoms with Gasteiger partial charge in [0.05, 0.1) is 16.1 Å². The van der Waals surface area contributed by atoms with E-state index in [4.69, 9.17) is 17.3 Å². The van der Waals surface area contributed by atoms with Gasteiger partial charge in [0, 0.05) is 5.56 Å². The Kier molecular flexibility index (Phi) is 5.11. The van der Waals surface area contributed by atoms with Crippen molar-refractivity contribution in [2.45, 2.75) is 18.9 Å². The Morgan fingerprint density at radius 3 is 2.74 bits per heavy atom. The smallest absolute Gasteiger partial charge is 0.379 e. The number of carbonyl (C=O) groups is 1. The highest BCUT2D eigenvalue weighted by Gasteiger charge is 2.48. The molecule has 0 saturated carbocycles. The van der Waals surface area contributed by atoms with Crippen molar-refractivity contribution in [3.8, 4) is 5.75 Å². The van der Waals surface area contributed by atoms with Crippen LogP contribution in [0.3, 0.4) is 0 Å². The van der Waals surface area contributed by atoms with Gasteiger partial charge in [0.1, 0.15) is 11.8 Å². The molecule has 0 bridgehead atoms. The fraction of sp³-hybridized carbons (Fsp3) is 0.364. The number of ether oxygens (including phenoxy) is 1. The zero-order valence-electron chi connectivity index (χ0n) is 9.79. The lowest BCUT2D eigenvalue weighted by Gasteiger charge is -2.23. The summed E-state index contributed by atoms with van der Waals surface area (Å²) in [5.74, 6) is -6.24. The molecule has 0 unspecified atom stereocenters. The molecule has 8 heteroatoms. The van der Waals surface area contributed by atoms with E-state index in [-0.39, 0.29) is 21.7 Å². The second kappa shape index (κ2) is 6.02. The molecule has 1 aromatic rings. The number of carbonyl (C=O) groups excluding carboxylic acids is 1. The van der Waals surface area contributed by atoms with Gasteiger partial charge in [0.25, 0.3) is 0 Å². The average molecular weight is 359 g/mol. The number of benzene rings is 1. The second-order valence-corrected chi connectivity index (χ2v) is 4.82. The zero-order chi connectivity index (χ0) is 14.8. The molecular formula is C11H11BrClF2NO3. The lowest BCUT2D eigenvalue weighted by atomic mass is 10.0. The maximum absolute atomic E-state index is 13.7. The Morgan fingerprint density at radius 1 is 1.63 bits per heavy atom. The first-order chi connectivity index (χ1) is 8.73. The summed E-state index contributed by atoms with van der Waals surface area (Å²) in [7, 11) is 0. The van der Waals surface area contributed by atoms with Crippen molar-refractivity contribution >= 4 is 33.5 Å². The Bertz CT molecular complexity index is 499.